The molecular formula is C13H15F3O3. The molecule has 2 atom stereocenters. The molecule has 1 saturated heterocycles. The van der Waals surface area contributed by atoms with Crippen molar-refractivity contribution in [1.82, 2.24) is 0 Å². The van der Waals surface area contributed by atoms with Gasteiger partial charge in [0.2, 0.25) is 0 Å². The number of benzene rings is 1. The normalized spacial score (nSPS) is 24.2. The molecule has 0 aliphatic carbocycles. The average molecular weight is 276 g/mol. The minimum absolute atomic E-state index is 0.0110. The SMILES string of the molecule is OC1CCOCC1Cc1ccc(OC(F)(F)F)cc1. The molecular weight excluding hydrogens is 261 g/mol. The largest absolute Gasteiger partial charge is 0.573 e. The molecule has 2 unspecified atom stereocenters. The van der Waals surface area contributed by atoms with Crippen LogP contribution in [0.5, 0.6) is 5.75 Å². The number of hydrogen-bond donors (Lipinski definition) is 1. The maximum absolute atomic E-state index is 12.0. The summed E-state index contributed by atoms with van der Waals surface area (Å²) in [6.07, 6.45) is -3.91. The maximum Gasteiger partial charge on any atom is 0.573 e. The minimum Gasteiger partial charge on any atom is -0.406 e. The highest BCUT2D eigenvalue weighted by atomic mass is 19.4. The number of ether oxygens (including phenoxy) is 2. The van der Waals surface area contributed by atoms with Gasteiger partial charge in [0.15, 0.2) is 0 Å². The van der Waals surface area contributed by atoms with E-state index in [9.17, 15) is 18.3 Å². The van der Waals surface area contributed by atoms with Crippen molar-refractivity contribution in [3.05, 3.63) is 29.8 Å². The highest BCUT2D eigenvalue weighted by molar-refractivity contribution is 5.27. The van der Waals surface area contributed by atoms with Crippen LogP contribution >= 0.6 is 0 Å². The predicted octanol–water partition coefficient (Wildman–Crippen LogP) is 2.53. The van der Waals surface area contributed by atoms with Crippen LogP contribution in [-0.4, -0.2) is 30.8 Å². The zero-order valence-corrected chi connectivity index (χ0v) is 10.2. The lowest BCUT2D eigenvalue weighted by Gasteiger charge is -2.27. The maximum atomic E-state index is 12.0. The van der Waals surface area contributed by atoms with Crippen molar-refractivity contribution in [2.45, 2.75) is 25.3 Å². The van der Waals surface area contributed by atoms with E-state index in [0.29, 0.717) is 26.1 Å². The topological polar surface area (TPSA) is 38.7 Å². The molecule has 0 amide bonds. The molecule has 3 nitrogen and oxygen atoms in total. The Balaban J connectivity index is 1.94. The summed E-state index contributed by atoms with van der Waals surface area (Å²) in [5.41, 5.74) is 0.851. The Hall–Kier alpha value is -1.27. The molecule has 1 N–H and O–H groups in total. The van der Waals surface area contributed by atoms with Gasteiger partial charge in [-0.2, -0.15) is 0 Å². The fraction of sp³-hybridized carbons (Fsp3) is 0.538. The van der Waals surface area contributed by atoms with Gasteiger partial charge in [0.1, 0.15) is 5.75 Å². The quantitative estimate of drug-likeness (QED) is 0.922. The minimum atomic E-state index is -4.67. The summed E-state index contributed by atoms with van der Waals surface area (Å²) >= 11 is 0. The number of aliphatic hydroxyl groups is 1. The zero-order chi connectivity index (χ0) is 13.9. The van der Waals surface area contributed by atoms with Gasteiger partial charge in [-0.1, -0.05) is 12.1 Å². The molecule has 0 radical (unpaired) electrons. The van der Waals surface area contributed by atoms with E-state index in [2.05, 4.69) is 4.74 Å². The standard InChI is InChI=1S/C13H15F3O3/c14-13(15,16)19-11-3-1-9(2-4-11)7-10-8-18-6-5-12(10)17/h1-4,10,12,17H,5-8H2. The molecule has 1 aliphatic heterocycles. The van der Waals surface area contributed by atoms with Gasteiger partial charge in [0, 0.05) is 12.5 Å². The van der Waals surface area contributed by atoms with Gasteiger partial charge >= 0.3 is 6.36 Å². The molecule has 1 aromatic carbocycles. The Morgan fingerprint density at radius 2 is 1.95 bits per heavy atom. The van der Waals surface area contributed by atoms with E-state index in [1.165, 1.54) is 12.1 Å². The van der Waals surface area contributed by atoms with Crippen LogP contribution in [0.25, 0.3) is 0 Å². The highest BCUT2D eigenvalue weighted by Crippen LogP contribution is 2.25. The van der Waals surface area contributed by atoms with Crippen molar-refractivity contribution in [1.29, 1.82) is 0 Å². The molecule has 1 aliphatic rings. The van der Waals surface area contributed by atoms with Gasteiger partial charge in [0.25, 0.3) is 0 Å². The van der Waals surface area contributed by atoms with Gasteiger partial charge in [-0.05, 0) is 30.5 Å². The van der Waals surface area contributed by atoms with Crippen LogP contribution in [0.3, 0.4) is 0 Å². The van der Waals surface area contributed by atoms with Crippen LogP contribution in [0.15, 0.2) is 24.3 Å². The van der Waals surface area contributed by atoms with Crippen LogP contribution in [0, 0.1) is 5.92 Å². The second kappa shape index (κ2) is 5.79. The molecule has 0 aromatic heterocycles. The van der Waals surface area contributed by atoms with E-state index in [-0.39, 0.29) is 11.7 Å². The molecule has 0 bridgehead atoms. The third-order valence-corrected chi connectivity index (χ3v) is 3.09. The lowest BCUT2D eigenvalue weighted by molar-refractivity contribution is -0.274. The van der Waals surface area contributed by atoms with E-state index < -0.39 is 12.5 Å². The van der Waals surface area contributed by atoms with E-state index in [0.717, 1.165) is 5.56 Å². The first kappa shape index (κ1) is 14.1. The zero-order valence-electron chi connectivity index (χ0n) is 10.2. The average Bonchev–Trinajstić information content (AvgIpc) is 2.33. The molecule has 2 rings (SSSR count). The molecule has 6 heteroatoms. The lowest BCUT2D eigenvalue weighted by atomic mass is 9.91. The number of aliphatic hydroxyl groups excluding tert-OH is 1. The van der Waals surface area contributed by atoms with Crippen molar-refractivity contribution in [2.24, 2.45) is 5.92 Å². The van der Waals surface area contributed by atoms with Gasteiger partial charge in [-0.25, -0.2) is 0 Å². The molecule has 1 fully saturated rings. The van der Waals surface area contributed by atoms with Gasteiger partial charge in [-0.3, -0.25) is 0 Å². The Labute approximate surface area is 108 Å². The van der Waals surface area contributed by atoms with E-state index in [4.69, 9.17) is 4.74 Å². The van der Waals surface area contributed by atoms with E-state index >= 15 is 0 Å². The summed E-state index contributed by atoms with van der Waals surface area (Å²) < 4.78 is 45.1. The van der Waals surface area contributed by atoms with Gasteiger partial charge in [-0.15, -0.1) is 13.2 Å². The van der Waals surface area contributed by atoms with Crippen molar-refractivity contribution in [3.63, 3.8) is 0 Å². The van der Waals surface area contributed by atoms with Crippen LogP contribution < -0.4 is 4.74 Å². The van der Waals surface area contributed by atoms with Gasteiger partial charge in [0.05, 0.1) is 12.7 Å². The first-order chi connectivity index (χ1) is 8.94. The Bertz CT molecular complexity index is 403. The monoisotopic (exact) mass is 276 g/mol. The van der Waals surface area contributed by atoms with Crippen molar-refractivity contribution in [3.8, 4) is 5.75 Å². The summed E-state index contributed by atoms with van der Waals surface area (Å²) in [5, 5.41) is 9.78. The second-order valence-electron chi connectivity index (χ2n) is 4.59. The number of alkyl halides is 3. The van der Waals surface area contributed by atoms with Gasteiger partial charge < -0.3 is 14.6 Å². The number of rotatable bonds is 3. The fourth-order valence-electron chi connectivity index (χ4n) is 2.11. The van der Waals surface area contributed by atoms with Crippen LogP contribution in [0.4, 0.5) is 13.2 Å². The lowest BCUT2D eigenvalue weighted by Crippen LogP contribution is -2.33. The van der Waals surface area contributed by atoms with Crippen molar-refractivity contribution in [2.75, 3.05) is 13.2 Å². The number of halogens is 3. The number of hydrogen-bond acceptors (Lipinski definition) is 3. The van der Waals surface area contributed by atoms with E-state index in [1.54, 1.807) is 12.1 Å². The Kier molecular flexibility index (Phi) is 4.31. The third-order valence-electron chi connectivity index (χ3n) is 3.09. The van der Waals surface area contributed by atoms with Crippen molar-refractivity contribution < 1.29 is 27.8 Å². The van der Waals surface area contributed by atoms with Crippen LogP contribution in [-0.2, 0) is 11.2 Å². The second-order valence-corrected chi connectivity index (χ2v) is 4.59. The summed E-state index contributed by atoms with van der Waals surface area (Å²) in [4.78, 5) is 0. The summed E-state index contributed by atoms with van der Waals surface area (Å²) in [6, 6.07) is 5.70. The first-order valence-electron chi connectivity index (χ1n) is 6.04. The predicted molar refractivity (Wildman–Crippen MR) is 61.8 cm³/mol. The smallest absolute Gasteiger partial charge is 0.406 e. The fourth-order valence-corrected chi connectivity index (χ4v) is 2.11. The molecule has 1 aromatic rings. The summed E-state index contributed by atoms with van der Waals surface area (Å²) in [6.45, 7) is 1.03. The van der Waals surface area contributed by atoms with E-state index in [1.807, 2.05) is 0 Å². The molecule has 1 heterocycles. The summed E-state index contributed by atoms with van der Waals surface area (Å²) in [7, 11) is 0. The molecule has 106 valence electrons. The molecule has 0 spiro atoms. The Morgan fingerprint density at radius 1 is 1.26 bits per heavy atom. The Morgan fingerprint density at radius 3 is 2.53 bits per heavy atom. The van der Waals surface area contributed by atoms with Crippen LogP contribution in [0.1, 0.15) is 12.0 Å². The van der Waals surface area contributed by atoms with Crippen molar-refractivity contribution >= 4 is 0 Å². The molecule has 19 heavy (non-hydrogen) atoms. The summed E-state index contributed by atoms with van der Waals surface area (Å²) in [5.74, 6) is -0.250. The highest BCUT2D eigenvalue weighted by Gasteiger charge is 2.31. The third kappa shape index (κ3) is 4.40. The van der Waals surface area contributed by atoms with Crippen LogP contribution in [0.2, 0.25) is 0 Å². The first-order valence-corrected chi connectivity index (χ1v) is 6.04. The molecule has 0 saturated carbocycles.